The number of hydrogen-bond donors (Lipinski definition) is 0. The smallest absolute Gasteiger partial charge is 0.229 e. The number of rotatable bonds is 1. The van der Waals surface area contributed by atoms with Crippen LogP contribution in [0.3, 0.4) is 0 Å². The maximum Gasteiger partial charge on any atom is 0.229 e. The number of halogens is 3. The summed E-state index contributed by atoms with van der Waals surface area (Å²) in [5.74, 6) is 0.143. The second-order valence-electron chi connectivity index (χ2n) is 2.95. The minimum Gasteiger partial charge on any atom is -0.270 e. The molecule has 2 rings (SSSR count). The van der Waals surface area contributed by atoms with Gasteiger partial charge >= 0.3 is 0 Å². The Morgan fingerprint density at radius 3 is 2.53 bits per heavy atom. The first-order valence-corrected chi connectivity index (χ1v) is 4.88. The van der Waals surface area contributed by atoms with Gasteiger partial charge in [-0.05, 0) is 36.7 Å². The molecule has 0 bridgehead atoms. The van der Waals surface area contributed by atoms with Crippen molar-refractivity contribution in [3.05, 3.63) is 40.1 Å². The molecule has 78 valence electrons. The molecule has 0 N–H and O–H groups in total. The molecule has 0 saturated heterocycles. The van der Waals surface area contributed by atoms with Crippen molar-refractivity contribution in [3.8, 4) is 5.69 Å². The van der Waals surface area contributed by atoms with E-state index in [-0.39, 0.29) is 10.3 Å². The van der Waals surface area contributed by atoms with Crippen molar-refractivity contribution in [2.45, 2.75) is 6.92 Å². The topological polar surface area (TPSA) is 30.7 Å². The highest BCUT2D eigenvalue weighted by atomic mass is 35.5. The van der Waals surface area contributed by atoms with Crippen molar-refractivity contribution in [1.82, 2.24) is 14.8 Å². The molecule has 0 spiro atoms. The first kappa shape index (κ1) is 10.4. The highest BCUT2D eigenvalue weighted by molar-refractivity contribution is 6.31. The van der Waals surface area contributed by atoms with Gasteiger partial charge in [0.2, 0.25) is 5.28 Å². The van der Waals surface area contributed by atoms with E-state index in [4.69, 9.17) is 23.2 Å². The van der Waals surface area contributed by atoms with E-state index >= 15 is 0 Å². The predicted octanol–water partition coefficient (Wildman–Crippen LogP) is 3.02. The van der Waals surface area contributed by atoms with Crippen molar-refractivity contribution < 1.29 is 4.39 Å². The van der Waals surface area contributed by atoms with Crippen molar-refractivity contribution in [2.24, 2.45) is 0 Å². The van der Waals surface area contributed by atoms with Gasteiger partial charge in [-0.25, -0.2) is 4.39 Å². The van der Waals surface area contributed by atoms with Crippen LogP contribution in [0.25, 0.3) is 5.69 Å². The molecule has 1 aromatic heterocycles. The summed E-state index contributed by atoms with van der Waals surface area (Å²) >= 11 is 11.5. The highest BCUT2D eigenvalue weighted by Gasteiger charge is 2.09. The zero-order valence-corrected chi connectivity index (χ0v) is 9.22. The largest absolute Gasteiger partial charge is 0.270 e. The average Bonchev–Trinajstić information content (AvgIpc) is 2.52. The van der Waals surface area contributed by atoms with Crippen molar-refractivity contribution >= 4 is 23.2 Å². The van der Waals surface area contributed by atoms with Crippen LogP contribution in [-0.2, 0) is 0 Å². The average molecular weight is 246 g/mol. The van der Waals surface area contributed by atoms with Crippen LogP contribution in [0.4, 0.5) is 4.39 Å². The van der Waals surface area contributed by atoms with Crippen LogP contribution in [0.1, 0.15) is 5.82 Å². The Bertz CT molecular complexity index is 491. The molecule has 0 unspecified atom stereocenters. The van der Waals surface area contributed by atoms with Crippen LogP contribution < -0.4 is 0 Å². The molecular formula is C9H6Cl2FN3. The molecule has 0 saturated carbocycles. The highest BCUT2D eigenvalue weighted by Crippen LogP contribution is 2.22. The molecule has 0 aliphatic rings. The molecule has 15 heavy (non-hydrogen) atoms. The third-order valence-corrected chi connectivity index (χ3v) is 2.48. The zero-order valence-electron chi connectivity index (χ0n) is 7.71. The number of aromatic nitrogens is 3. The minimum absolute atomic E-state index is 0.0386. The van der Waals surface area contributed by atoms with E-state index in [1.165, 1.54) is 12.1 Å². The van der Waals surface area contributed by atoms with Gasteiger partial charge < -0.3 is 0 Å². The van der Waals surface area contributed by atoms with Gasteiger partial charge in [0, 0.05) is 0 Å². The monoisotopic (exact) mass is 245 g/mol. The van der Waals surface area contributed by atoms with Gasteiger partial charge in [-0.2, -0.15) is 0 Å². The lowest BCUT2D eigenvalue weighted by Crippen LogP contribution is -1.97. The van der Waals surface area contributed by atoms with Gasteiger partial charge in [0.25, 0.3) is 0 Å². The summed E-state index contributed by atoms with van der Waals surface area (Å²) in [5.41, 5.74) is 0.633. The first-order valence-electron chi connectivity index (χ1n) is 4.12. The van der Waals surface area contributed by atoms with Crippen molar-refractivity contribution in [2.75, 3.05) is 0 Å². The molecule has 3 nitrogen and oxygen atoms in total. The molecule has 1 heterocycles. The van der Waals surface area contributed by atoms with Gasteiger partial charge in [0.1, 0.15) is 11.6 Å². The zero-order chi connectivity index (χ0) is 11.0. The summed E-state index contributed by atoms with van der Waals surface area (Å²) in [4.78, 5) is 0. The predicted molar refractivity (Wildman–Crippen MR) is 56.1 cm³/mol. The lowest BCUT2D eigenvalue weighted by Gasteiger charge is -2.05. The fourth-order valence-corrected chi connectivity index (χ4v) is 1.69. The van der Waals surface area contributed by atoms with Crippen LogP contribution in [-0.4, -0.2) is 14.8 Å². The van der Waals surface area contributed by atoms with Crippen molar-refractivity contribution in [1.29, 1.82) is 0 Å². The van der Waals surface area contributed by atoms with E-state index in [0.29, 0.717) is 11.5 Å². The molecule has 0 fully saturated rings. The quantitative estimate of drug-likeness (QED) is 0.774. The fraction of sp³-hybridized carbons (Fsp3) is 0.111. The molecule has 6 heteroatoms. The van der Waals surface area contributed by atoms with Gasteiger partial charge in [0.05, 0.1) is 10.7 Å². The van der Waals surface area contributed by atoms with Crippen LogP contribution in [0.15, 0.2) is 18.2 Å². The summed E-state index contributed by atoms with van der Waals surface area (Å²) in [7, 11) is 0. The summed E-state index contributed by atoms with van der Waals surface area (Å²) in [6.07, 6.45) is 0. The molecule has 2 aromatic rings. The Labute approximate surface area is 95.5 Å². The van der Waals surface area contributed by atoms with Gasteiger partial charge in [-0.3, -0.25) is 4.57 Å². The molecule has 1 aromatic carbocycles. The van der Waals surface area contributed by atoms with Crippen LogP contribution in [0.2, 0.25) is 10.3 Å². The second kappa shape index (κ2) is 3.79. The van der Waals surface area contributed by atoms with Gasteiger partial charge in [-0.1, -0.05) is 11.6 Å². The van der Waals surface area contributed by atoms with Gasteiger partial charge in [-0.15, -0.1) is 10.2 Å². The molecule has 0 radical (unpaired) electrons. The first-order chi connectivity index (χ1) is 7.09. The SMILES string of the molecule is Cc1nnc(Cl)n1-c1ccc(F)c(Cl)c1. The molecular weight excluding hydrogens is 240 g/mol. The number of nitrogens with zero attached hydrogens (tertiary/aromatic N) is 3. The maximum absolute atomic E-state index is 12.9. The fourth-order valence-electron chi connectivity index (χ4n) is 1.25. The Morgan fingerprint density at radius 1 is 1.27 bits per heavy atom. The summed E-state index contributed by atoms with van der Waals surface area (Å²) < 4.78 is 14.5. The molecule has 0 aliphatic carbocycles. The lowest BCUT2D eigenvalue weighted by molar-refractivity contribution is 0.627. The van der Waals surface area contributed by atoms with E-state index < -0.39 is 5.82 Å². The second-order valence-corrected chi connectivity index (χ2v) is 3.70. The number of hydrogen-bond acceptors (Lipinski definition) is 2. The minimum atomic E-state index is -0.470. The number of benzene rings is 1. The van der Waals surface area contributed by atoms with E-state index in [1.54, 1.807) is 17.6 Å². The molecule has 0 aliphatic heterocycles. The molecule has 0 amide bonds. The van der Waals surface area contributed by atoms with E-state index in [9.17, 15) is 4.39 Å². The number of aryl methyl sites for hydroxylation is 1. The Hall–Kier alpha value is -1.13. The lowest BCUT2D eigenvalue weighted by atomic mass is 10.3. The Balaban J connectivity index is 2.59. The standard InChI is InChI=1S/C9H6Cl2FN3/c1-5-13-14-9(11)15(5)6-2-3-8(12)7(10)4-6/h2-4H,1H3. The third-order valence-electron chi connectivity index (χ3n) is 1.95. The molecule has 0 atom stereocenters. The summed E-state index contributed by atoms with van der Waals surface area (Å²) in [6.45, 7) is 1.75. The maximum atomic E-state index is 12.9. The Kier molecular flexibility index (Phi) is 2.63. The van der Waals surface area contributed by atoms with Gasteiger partial charge in [0.15, 0.2) is 0 Å². The van der Waals surface area contributed by atoms with E-state index in [0.717, 1.165) is 0 Å². The van der Waals surface area contributed by atoms with E-state index in [2.05, 4.69) is 10.2 Å². The Morgan fingerprint density at radius 2 is 2.00 bits per heavy atom. The van der Waals surface area contributed by atoms with Crippen LogP contribution >= 0.6 is 23.2 Å². The van der Waals surface area contributed by atoms with Crippen molar-refractivity contribution in [3.63, 3.8) is 0 Å². The third kappa shape index (κ3) is 1.82. The van der Waals surface area contributed by atoms with Crippen LogP contribution in [0.5, 0.6) is 0 Å². The summed E-state index contributed by atoms with van der Waals surface area (Å²) in [5, 5.41) is 7.73. The van der Waals surface area contributed by atoms with E-state index in [1.807, 2.05) is 0 Å². The van der Waals surface area contributed by atoms with Crippen LogP contribution in [0, 0.1) is 12.7 Å². The summed E-state index contributed by atoms with van der Waals surface area (Å²) in [6, 6.07) is 4.30. The normalized spacial score (nSPS) is 10.7.